The SMILES string of the molecule is N#CCC(=O)Nc1cc(F)ccc1OC(F)(F)F. The molecule has 0 saturated heterocycles. The van der Waals surface area contributed by atoms with Crippen molar-refractivity contribution in [1.29, 1.82) is 5.26 Å². The van der Waals surface area contributed by atoms with E-state index in [1.54, 1.807) is 0 Å². The standard InChI is InChI=1S/C10H6F4N2O2/c11-6-1-2-8(18-10(12,13)14)7(5-6)16-9(17)3-4-15/h1-2,5H,3H2,(H,16,17). The summed E-state index contributed by atoms with van der Waals surface area (Å²) in [5.74, 6) is -2.47. The summed E-state index contributed by atoms with van der Waals surface area (Å²) in [7, 11) is 0. The maximum Gasteiger partial charge on any atom is 0.573 e. The van der Waals surface area contributed by atoms with Crippen LogP contribution in [0.3, 0.4) is 0 Å². The molecule has 18 heavy (non-hydrogen) atoms. The van der Waals surface area contributed by atoms with E-state index in [-0.39, 0.29) is 0 Å². The Morgan fingerprint density at radius 2 is 2.11 bits per heavy atom. The van der Waals surface area contributed by atoms with Gasteiger partial charge in [-0.25, -0.2) is 4.39 Å². The van der Waals surface area contributed by atoms with Gasteiger partial charge >= 0.3 is 6.36 Å². The van der Waals surface area contributed by atoms with Crippen LogP contribution in [0.1, 0.15) is 6.42 Å². The van der Waals surface area contributed by atoms with Gasteiger partial charge in [-0.1, -0.05) is 0 Å². The van der Waals surface area contributed by atoms with Crippen LogP contribution in [0, 0.1) is 17.1 Å². The lowest BCUT2D eigenvalue weighted by Crippen LogP contribution is -2.19. The minimum Gasteiger partial charge on any atom is -0.404 e. The van der Waals surface area contributed by atoms with Crippen molar-refractivity contribution in [3.8, 4) is 11.8 Å². The molecule has 1 amide bonds. The fourth-order valence-electron chi connectivity index (χ4n) is 1.08. The first-order valence-electron chi connectivity index (χ1n) is 4.54. The van der Waals surface area contributed by atoms with Gasteiger partial charge in [-0.05, 0) is 12.1 Å². The van der Waals surface area contributed by atoms with Crippen LogP contribution in [-0.2, 0) is 4.79 Å². The van der Waals surface area contributed by atoms with E-state index in [0.717, 1.165) is 12.1 Å². The monoisotopic (exact) mass is 262 g/mol. The third-order valence-electron chi connectivity index (χ3n) is 1.68. The molecular weight excluding hydrogens is 256 g/mol. The van der Waals surface area contributed by atoms with Crippen molar-refractivity contribution >= 4 is 11.6 Å². The summed E-state index contributed by atoms with van der Waals surface area (Å²) < 4.78 is 52.5. The molecule has 0 aliphatic heterocycles. The normalized spacial score (nSPS) is 10.6. The lowest BCUT2D eigenvalue weighted by Gasteiger charge is -2.13. The van der Waals surface area contributed by atoms with E-state index >= 15 is 0 Å². The Labute approximate surface area is 98.8 Å². The van der Waals surface area contributed by atoms with Crippen molar-refractivity contribution in [1.82, 2.24) is 0 Å². The van der Waals surface area contributed by atoms with Crippen LogP contribution in [0.2, 0.25) is 0 Å². The van der Waals surface area contributed by atoms with Gasteiger partial charge in [-0.3, -0.25) is 4.79 Å². The molecule has 0 spiro atoms. The molecule has 0 saturated carbocycles. The third-order valence-corrected chi connectivity index (χ3v) is 1.68. The second kappa shape index (κ2) is 5.35. The number of halogens is 4. The Kier molecular flexibility index (Phi) is 4.09. The summed E-state index contributed by atoms with van der Waals surface area (Å²) >= 11 is 0. The van der Waals surface area contributed by atoms with Crippen molar-refractivity contribution in [3.05, 3.63) is 24.0 Å². The van der Waals surface area contributed by atoms with Crippen LogP contribution in [0.5, 0.6) is 5.75 Å². The number of carbonyl (C=O) groups is 1. The fraction of sp³-hybridized carbons (Fsp3) is 0.200. The first kappa shape index (κ1) is 13.8. The molecule has 0 fully saturated rings. The zero-order valence-electron chi connectivity index (χ0n) is 8.71. The number of rotatable bonds is 3. The number of benzene rings is 1. The third kappa shape index (κ3) is 4.29. The number of hydrogen-bond donors (Lipinski definition) is 1. The van der Waals surface area contributed by atoms with Gasteiger partial charge in [-0.15, -0.1) is 13.2 Å². The summed E-state index contributed by atoms with van der Waals surface area (Å²) in [5.41, 5.74) is -0.493. The Bertz CT molecular complexity index is 494. The van der Waals surface area contributed by atoms with Crippen molar-refractivity contribution < 1.29 is 27.1 Å². The molecule has 8 heteroatoms. The predicted octanol–water partition coefficient (Wildman–Crippen LogP) is 2.58. The van der Waals surface area contributed by atoms with E-state index in [9.17, 15) is 22.4 Å². The average molecular weight is 262 g/mol. The number of nitrogens with one attached hydrogen (secondary N) is 1. The molecule has 0 radical (unpaired) electrons. The molecule has 4 nitrogen and oxygen atoms in total. The van der Waals surface area contributed by atoms with Crippen LogP contribution < -0.4 is 10.1 Å². The number of hydrogen-bond acceptors (Lipinski definition) is 3. The Hall–Kier alpha value is -2.30. The molecule has 0 aliphatic rings. The highest BCUT2D eigenvalue weighted by molar-refractivity contribution is 5.93. The zero-order valence-corrected chi connectivity index (χ0v) is 8.71. The molecule has 0 atom stereocenters. The predicted molar refractivity (Wildman–Crippen MR) is 51.9 cm³/mol. The maximum atomic E-state index is 12.9. The van der Waals surface area contributed by atoms with Crippen LogP contribution >= 0.6 is 0 Å². The number of ether oxygens (including phenoxy) is 1. The van der Waals surface area contributed by atoms with Crippen molar-refractivity contribution in [3.63, 3.8) is 0 Å². The van der Waals surface area contributed by atoms with E-state index in [0.29, 0.717) is 6.07 Å². The van der Waals surface area contributed by atoms with Crippen molar-refractivity contribution in [2.75, 3.05) is 5.32 Å². The second-order valence-corrected chi connectivity index (χ2v) is 3.07. The summed E-state index contributed by atoms with van der Waals surface area (Å²) in [6, 6.07) is 3.64. The average Bonchev–Trinajstić information content (AvgIpc) is 2.20. The zero-order chi connectivity index (χ0) is 13.8. The number of nitriles is 1. The van der Waals surface area contributed by atoms with Gasteiger partial charge in [0, 0.05) is 6.07 Å². The summed E-state index contributed by atoms with van der Waals surface area (Å²) in [5, 5.41) is 10.2. The number of alkyl halides is 3. The molecule has 1 aromatic rings. The maximum absolute atomic E-state index is 12.9. The summed E-state index contributed by atoms with van der Waals surface area (Å²) in [6.07, 6.45) is -5.53. The molecule has 0 unspecified atom stereocenters. The fourth-order valence-corrected chi connectivity index (χ4v) is 1.08. The van der Waals surface area contributed by atoms with Gasteiger partial charge in [0.25, 0.3) is 0 Å². The molecule has 1 aromatic carbocycles. The number of amides is 1. The first-order chi connectivity index (χ1) is 8.31. The second-order valence-electron chi connectivity index (χ2n) is 3.07. The molecule has 0 aliphatic carbocycles. The molecular formula is C10H6F4N2O2. The van der Waals surface area contributed by atoms with E-state index in [1.165, 1.54) is 6.07 Å². The molecule has 96 valence electrons. The molecule has 0 heterocycles. The minimum absolute atomic E-state index is 0.493. The lowest BCUT2D eigenvalue weighted by atomic mass is 10.2. The Morgan fingerprint density at radius 3 is 2.67 bits per heavy atom. The molecule has 1 rings (SSSR count). The van der Waals surface area contributed by atoms with Gasteiger partial charge in [0.1, 0.15) is 12.2 Å². The van der Waals surface area contributed by atoms with Gasteiger partial charge in [0.15, 0.2) is 5.75 Å². The highest BCUT2D eigenvalue weighted by Crippen LogP contribution is 2.30. The van der Waals surface area contributed by atoms with Crippen molar-refractivity contribution in [2.45, 2.75) is 12.8 Å². The summed E-state index contributed by atoms with van der Waals surface area (Å²) in [6.45, 7) is 0. The van der Waals surface area contributed by atoms with Crippen LogP contribution in [0.4, 0.5) is 23.2 Å². The van der Waals surface area contributed by atoms with Crippen molar-refractivity contribution in [2.24, 2.45) is 0 Å². The topological polar surface area (TPSA) is 62.1 Å². The highest BCUT2D eigenvalue weighted by atomic mass is 19.4. The Balaban J connectivity index is 2.97. The van der Waals surface area contributed by atoms with Gasteiger partial charge in [-0.2, -0.15) is 5.26 Å². The molecule has 1 N–H and O–H groups in total. The van der Waals surface area contributed by atoms with E-state index < -0.39 is 35.9 Å². The lowest BCUT2D eigenvalue weighted by molar-refractivity contribution is -0.274. The van der Waals surface area contributed by atoms with Gasteiger partial charge in [0.05, 0.1) is 11.8 Å². The first-order valence-corrected chi connectivity index (χ1v) is 4.54. The van der Waals surface area contributed by atoms with E-state index in [4.69, 9.17) is 5.26 Å². The van der Waals surface area contributed by atoms with Crippen LogP contribution in [-0.4, -0.2) is 12.3 Å². The minimum atomic E-state index is -4.97. The van der Waals surface area contributed by atoms with E-state index in [2.05, 4.69) is 4.74 Å². The number of nitrogens with zero attached hydrogens (tertiary/aromatic N) is 1. The van der Waals surface area contributed by atoms with Crippen LogP contribution in [0.25, 0.3) is 0 Å². The quantitative estimate of drug-likeness (QED) is 0.851. The Morgan fingerprint density at radius 1 is 1.44 bits per heavy atom. The smallest absolute Gasteiger partial charge is 0.404 e. The molecule has 0 bridgehead atoms. The number of anilines is 1. The van der Waals surface area contributed by atoms with Crippen LogP contribution in [0.15, 0.2) is 18.2 Å². The highest BCUT2D eigenvalue weighted by Gasteiger charge is 2.32. The van der Waals surface area contributed by atoms with Gasteiger partial charge < -0.3 is 10.1 Å². The van der Waals surface area contributed by atoms with E-state index in [1.807, 2.05) is 5.32 Å². The van der Waals surface area contributed by atoms with Gasteiger partial charge in [0.2, 0.25) is 5.91 Å². The molecule has 0 aromatic heterocycles. The largest absolute Gasteiger partial charge is 0.573 e. The summed E-state index contributed by atoms with van der Waals surface area (Å²) in [4.78, 5) is 11.0. The number of carbonyl (C=O) groups excluding carboxylic acids is 1.